The number of amides is 2. The largest absolute Gasteiger partial charge is 0.489 e. The first-order valence-electron chi connectivity index (χ1n) is 8.51. The Labute approximate surface area is 157 Å². The third kappa shape index (κ3) is 4.73. The number of rotatable bonds is 6. The minimum atomic E-state index is -0.596. The van der Waals surface area contributed by atoms with E-state index in [1.54, 1.807) is 48.5 Å². The zero-order valence-corrected chi connectivity index (χ0v) is 14.9. The first kappa shape index (κ1) is 18.2. The molecule has 0 heterocycles. The van der Waals surface area contributed by atoms with E-state index in [2.05, 4.69) is 11.4 Å². The van der Waals surface area contributed by atoms with E-state index >= 15 is 0 Å². The van der Waals surface area contributed by atoms with Crippen LogP contribution in [0.4, 0.5) is 5.69 Å². The third-order valence-electron chi connectivity index (χ3n) is 4.02. The van der Waals surface area contributed by atoms with Gasteiger partial charge in [-0.2, -0.15) is 0 Å². The Balaban J connectivity index is 1.71. The molecule has 0 spiro atoms. The Kier molecular flexibility index (Phi) is 5.52. The van der Waals surface area contributed by atoms with Gasteiger partial charge in [-0.1, -0.05) is 48.0 Å². The number of para-hydroxylation sites is 1. The van der Waals surface area contributed by atoms with E-state index in [1.807, 2.05) is 25.1 Å². The summed E-state index contributed by atoms with van der Waals surface area (Å²) in [5.41, 5.74) is 8.63. The number of carbonyl (C=O) groups is 2. The molecule has 0 aliphatic rings. The molecule has 3 N–H and O–H groups in total. The molecular weight excluding hydrogens is 340 g/mol. The standard InChI is InChI=1S/C22H20N2O3/c1-15-6-4-7-16(12-15)14-27-18-9-5-8-17(13-18)22(26)24-20-11-3-2-10-19(20)21(23)25/h2-13H,14H2,1H3,(H2,23,25)(H,24,26). The molecule has 27 heavy (non-hydrogen) atoms. The van der Waals surface area contributed by atoms with Crippen molar-refractivity contribution in [3.05, 3.63) is 95.1 Å². The number of ether oxygens (including phenoxy) is 1. The predicted molar refractivity (Wildman–Crippen MR) is 105 cm³/mol. The summed E-state index contributed by atoms with van der Waals surface area (Å²) in [6, 6.07) is 21.6. The van der Waals surface area contributed by atoms with Crippen molar-refractivity contribution in [3.63, 3.8) is 0 Å². The maximum Gasteiger partial charge on any atom is 0.255 e. The fourth-order valence-corrected chi connectivity index (χ4v) is 2.70. The van der Waals surface area contributed by atoms with Crippen molar-refractivity contribution < 1.29 is 14.3 Å². The van der Waals surface area contributed by atoms with Gasteiger partial charge in [-0.05, 0) is 42.8 Å². The third-order valence-corrected chi connectivity index (χ3v) is 4.02. The molecule has 0 aliphatic carbocycles. The van der Waals surface area contributed by atoms with Crippen LogP contribution in [0.2, 0.25) is 0 Å². The number of aryl methyl sites for hydroxylation is 1. The van der Waals surface area contributed by atoms with Gasteiger partial charge in [-0.25, -0.2) is 0 Å². The molecule has 0 saturated heterocycles. The molecule has 0 aliphatic heterocycles. The lowest BCUT2D eigenvalue weighted by molar-refractivity contribution is 0.100. The predicted octanol–water partition coefficient (Wildman–Crippen LogP) is 3.93. The average Bonchev–Trinajstić information content (AvgIpc) is 2.67. The molecule has 0 aromatic heterocycles. The molecule has 0 bridgehead atoms. The Morgan fingerprint density at radius 3 is 2.52 bits per heavy atom. The number of anilines is 1. The number of benzene rings is 3. The van der Waals surface area contributed by atoms with Gasteiger partial charge in [-0.15, -0.1) is 0 Å². The lowest BCUT2D eigenvalue weighted by atomic mass is 10.1. The van der Waals surface area contributed by atoms with Gasteiger partial charge in [0.15, 0.2) is 0 Å². The van der Waals surface area contributed by atoms with E-state index in [0.717, 1.165) is 11.1 Å². The minimum absolute atomic E-state index is 0.262. The van der Waals surface area contributed by atoms with Crippen molar-refractivity contribution in [1.82, 2.24) is 0 Å². The normalized spacial score (nSPS) is 10.3. The highest BCUT2D eigenvalue weighted by Gasteiger charge is 2.12. The van der Waals surface area contributed by atoms with Gasteiger partial charge in [-0.3, -0.25) is 9.59 Å². The van der Waals surface area contributed by atoms with Gasteiger partial charge >= 0.3 is 0 Å². The smallest absolute Gasteiger partial charge is 0.255 e. The van der Waals surface area contributed by atoms with Gasteiger partial charge in [0, 0.05) is 5.56 Å². The summed E-state index contributed by atoms with van der Waals surface area (Å²) in [4.78, 5) is 24.0. The van der Waals surface area contributed by atoms with Crippen LogP contribution in [0.25, 0.3) is 0 Å². The van der Waals surface area contributed by atoms with Crippen LogP contribution in [0.5, 0.6) is 5.75 Å². The topological polar surface area (TPSA) is 81.4 Å². The summed E-state index contributed by atoms with van der Waals surface area (Å²) >= 11 is 0. The van der Waals surface area contributed by atoms with Crippen LogP contribution in [0.1, 0.15) is 31.8 Å². The van der Waals surface area contributed by atoms with E-state index in [9.17, 15) is 9.59 Å². The van der Waals surface area contributed by atoms with Crippen LogP contribution in [0, 0.1) is 6.92 Å². The molecule has 3 rings (SSSR count). The molecule has 5 nitrogen and oxygen atoms in total. The summed E-state index contributed by atoms with van der Waals surface area (Å²) < 4.78 is 5.80. The van der Waals surface area contributed by atoms with Crippen LogP contribution >= 0.6 is 0 Å². The van der Waals surface area contributed by atoms with Crippen LogP contribution in [0.3, 0.4) is 0 Å². The number of primary amides is 1. The maximum absolute atomic E-state index is 12.5. The van der Waals surface area contributed by atoms with Crippen molar-refractivity contribution in [2.24, 2.45) is 5.73 Å². The average molecular weight is 360 g/mol. The highest BCUT2D eigenvalue weighted by molar-refractivity contribution is 6.08. The highest BCUT2D eigenvalue weighted by Crippen LogP contribution is 2.19. The van der Waals surface area contributed by atoms with Crippen molar-refractivity contribution in [3.8, 4) is 5.75 Å². The van der Waals surface area contributed by atoms with Crippen molar-refractivity contribution >= 4 is 17.5 Å². The summed E-state index contributed by atoms with van der Waals surface area (Å²) in [6.45, 7) is 2.44. The Morgan fingerprint density at radius 1 is 0.963 bits per heavy atom. The molecule has 0 saturated carbocycles. The molecule has 0 atom stereocenters. The number of nitrogens with one attached hydrogen (secondary N) is 1. The van der Waals surface area contributed by atoms with Gasteiger partial charge in [0.2, 0.25) is 0 Å². The number of nitrogens with two attached hydrogens (primary N) is 1. The van der Waals surface area contributed by atoms with E-state index in [4.69, 9.17) is 10.5 Å². The van der Waals surface area contributed by atoms with Crippen LogP contribution < -0.4 is 15.8 Å². The van der Waals surface area contributed by atoms with Gasteiger partial charge < -0.3 is 15.8 Å². The summed E-state index contributed by atoms with van der Waals surface area (Å²) in [6.07, 6.45) is 0. The van der Waals surface area contributed by atoms with Crippen molar-refractivity contribution in [1.29, 1.82) is 0 Å². The Morgan fingerprint density at radius 2 is 1.74 bits per heavy atom. The van der Waals surface area contributed by atoms with E-state index < -0.39 is 5.91 Å². The second kappa shape index (κ2) is 8.19. The Hall–Kier alpha value is -3.60. The molecule has 5 heteroatoms. The molecular formula is C22H20N2O3. The van der Waals surface area contributed by atoms with Gasteiger partial charge in [0.1, 0.15) is 12.4 Å². The van der Waals surface area contributed by atoms with Crippen LogP contribution in [0.15, 0.2) is 72.8 Å². The quantitative estimate of drug-likeness (QED) is 0.699. The Bertz CT molecular complexity index is 983. The number of hydrogen-bond acceptors (Lipinski definition) is 3. The fraction of sp³-hybridized carbons (Fsp3) is 0.0909. The monoisotopic (exact) mass is 360 g/mol. The van der Waals surface area contributed by atoms with Crippen LogP contribution in [-0.4, -0.2) is 11.8 Å². The van der Waals surface area contributed by atoms with Crippen molar-refractivity contribution in [2.45, 2.75) is 13.5 Å². The summed E-state index contributed by atoms with van der Waals surface area (Å²) in [5, 5.41) is 2.72. The van der Waals surface area contributed by atoms with Gasteiger partial charge in [0.05, 0.1) is 11.3 Å². The molecule has 3 aromatic rings. The molecule has 0 fully saturated rings. The first-order valence-corrected chi connectivity index (χ1v) is 8.51. The van der Waals surface area contributed by atoms with Crippen molar-refractivity contribution in [2.75, 3.05) is 5.32 Å². The lowest BCUT2D eigenvalue weighted by Crippen LogP contribution is -2.18. The first-order chi connectivity index (χ1) is 13.0. The molecule has 0 unspecified atom stereocenters. The fourth-order valence-electron chi connectivity index (χ4n) is 2.70. The van der Waals surface area contributed by atoms with Crippen LogP contribution in [-0.2, 0) is 6.61 Å². The zero-order valence-electron chi connectivity index (χ0n) is 14.9. The second-order valence-electron chi connectivity index (χ2n) is 6.17. The molecule has 0 radical (unpaired) electrons. The summed E-state index contributed by atoms with van der Waals surface area (Å²) in [5.74, 6) is -0.349. The van der Waals surface area contributed by atoms with Gasteiger partial charge in [0.25, 0.3) is 11.8 Å². The van der Waals surface area contributed by atoms with E-state index in [0.29, 0.717) is 23.6 Å². The highest BCUT2D eigenvalue weighted by atomic mass is 16.5. The lowest BCUT2D eigenvalue weighted by Gasteiger charge is -2.11. The maximum atomic E-state index is 12.5. The van der Waals surface area contributed by atoms with E-state index in [1.165, 1.54) is 0 Å². The number of carbonyl (C=O) groups excluding carboxylic acids is 2. The molecule has 2 amide bonds. The molecule has 136 valence electrons. The minimum Gasteiger partial charge on any atom is -0.489 e. The molecule has 3 aromatic carbocycles. The zero-order chi connectivity index (χ0) is 19.2. The second-order valence-corrected chi connectivity index (χ2v) is 6.17. The van der Waals surface area contributed by atoms with E-state index in [-0.39, 0.29) is 11.5 Å². The SMILES string of the molecule is Cc1cccc(COc2cccc(C(=O)Nc3ccccc3C(N)=O)c2)c1. The number of hydrogen-bond donors (Lipinski definition) is 2. The summed E-state index contributed by atoms with van der Waals surface area (Å²) in [7, 11) is 0.